The SMILES string of the molecule is COc1ccc(NC(=O)[C@H](C)N2CCN(C(C)=O)CC2)cc1OC. The Hall–Kier alpha value is -2.28. The van der Waals surface area contributed by atoms with Gasteiger partial charge in [0.15, 0.2) is 11.5 Å². The van der Waals surface area contributed by atoms with Crippen molar-refractivity contribution in [3.8, 4) is 11.5 Å². The van der Waals surface area contributed by atoms with Crippen molar-refractivity contribution in [2.75, 3.05) is 45.7 Å². The molecule has 2 amide bonds. The van der Waals surface area contributed by atoms with Crippen LogP contribution in [-0.2, 0) is 9.59 Å². The summed E-state index contributed by atoms with van der Waals surface area (Å²) in [5, 5.41) is 2.90. The Labute approximate surface area is 142 Å². The van der Waals surface area contributed by atoms with Crippen molar-refractivity contribution in [3.05, 3.63) is 18.2 Å². The van der Waals surface area contributed by atoms with Gasteiger partial charge in [-0.1, -0.05) is 0 Å². The number of nitrogens with zero attached hydrogens (tertiary/aromatic N) is 2. The zero-order valence-electron chi connectivity index (χ0n) is 14.7. The maximum Gasteiger partial charge on any atom is 0.241 e. The molecule has 24 heavy (non-hydrogen) atoms. The highest BCUT2D eigenvalue weighted by molar-refractivity contribution is 5.94. The van der Waals surface area contributed by atoms with Gasteiger partial charge in [0.05, 0.1) is 20.3 Å². The van der Waals surface area contributed by atoms with Crippen molar-refractivity contribution in [2.24, 2.45) is 0 Å². The minimum absolute atomic E-state index is 0.0806. The summed E-state index contributed by atoms with van der Waals surface area (Å²) < 4.78 is 10.4. The van der Waals surface area contributed by atoms with E-state index in [0.29, 0.717) is 43.4 Å². The fourth-order valence-corrected chi connectivity index (χ4v) is 2.75. The van der Waals surface area contributed by atoms with Crippen LogP contribution in [0, 0.1) is 0 Å². The number of rotatable bonds is 5. The summed E-state index contributed by atoms with van der Waals surface area (Å²) in [6.45, 7) is 6.15. The number of anilines is 1. The number of hydrogen-bond donors (Lipinski definition) is 1. The number of methoxy groups -OCH3 is 2. The molecule has 1 saturated heterocycles. The lowest BCUT2D eigenvalue weighted by molar-refractivity contribution is -0.131. The molecule has 1 N–H and O–H groups in total. The van der Waals surface area contributed by atoms with Gasteiger partial charge in [0.25, 0.3) is 0 Å². The van der Waals surface area contributed by atoms with Crippen LogP contribution in [-0.4, -0.2) is 68.1 Å². The molecule has 0 radical (unpaired) electrons. The van der Waals surface area contributed by atoms with Crippen LogP contribution in [0.15, 0.2) is 18.2 Å². The van der Waals surface area contributed by atoms with E-state index < -0.39 is 0 Å². The maximum atomic E-state index is 12.5. The highest BCUT2D eigenvalue weighted by atomic mass is 16.5. The van der Waals surface area contributed by atoms with Crippen molar-refractivity contribution in [3.63, 3.8) is 0 Å². The number of carbonyl (C=O) groups is 2. The number of carbonyl (C=O) groups excluding carboxylic acids is 2. The Morgan fingerprint density at radius 1 is 1.08 bits per heavy atom. The first-order valence-corrected chi connectivity index (χ1v) is 7.98. The smallest absolute Gasteiger partial charge is 0.241 e. The molecular weight excluding hydrogens is 310 g/mol. The van der Waals surface area contributed by atoms with E-state index in [1.807, 2.05) is 6.92 Å². The molecule has 0 unspecified atom stereocenters. The summed E-state index contributed by atoms with van der Waals surface area (Å²) in [6, 6.07) is 4.99. The maximum absolute atomic E-state index is 12.5. The Bertz CT molecular complexity index is 597. The number of hydrogen-bond acceptors (Lipinski definition) is 5. The van der Waals surface area contributed by atoms with E-state index in [0.717, 1.165) is 0 Å². The average molecular weight is 335 g/mol. The topological polar surface area (TPSA) is 71.1 Å². The van der Waals surface area contributed by atoms with E-state index in [-0.39, 0.29) is 17.9 Å². The molecule has 132 valence electrons. The summed E-state index contributed by atoms with van der Waals surface area (Å²) in [5.41, 5.74) is 0.659. The predicted octanol–water partition coefficient (Wildman–Crippen LogP) is 1.19. The van der Waals surface area contributed by atoms with Crippen LogP contribution >= 0.6 is 0 Å². The third-order valence-corrected chi connectivity index (χ3v) is 4.34. The van der Waals surface area contributed by atoms with Crippen LogP contribution in [0.1, 0.15) is 13.8 Å². The van der Waals surface area contributed by atoms with Gasteiger partial charge in [0.1, 0.15) is 0 Å². The van der Waals surface area contributed by atoms with Crippen LogP contribution in [0.25, 0.3) is 0 Å². The molecule has 2 rings (SSSR count). The summed E-state index contributed by atoms with van der Waals surface area (Å²) >= 11 is 0. The van der Waals surface area contributed by atoms with Crippen LogP contribution in [0.4, 0.5) is 5.69 Å². The van der Waals surface area contributed by atoms with Gasteiger partial charge in [-0.2, -0.15) is 0 Å². The molecule has 7 heteroatoms. The van der Waals surface area contributed by atoms with E-state index in [9.17, 15) is 9.59 Å². The second kappa shape index (κ2) is 8.01. The highest BCUT2D eigenvalue weighted by Gasteiger charge is 2.26. The van der Waals surface area contributed by atoms with E-state index in [2.05, 4.69) is 10.2 Å². The lowest BCUT2D eigenvalue weighted by Gasteiger charge is -2.37. The standard InChI is InChI=1S/C17H25N3O4/c1-12(19-7-9-20(10-8-19)13(2)21)17(22)18-14-5-6-15(23-3)16(11-14)24-4/h5-6,11-12H,7-10H2,1-4H3,(H,18,22)/t12-/m0/s1. The molecule has 1 aliphatic heterocycles. The number of piperazine rings is 1. The van der Waals surface area contributed by atoms with Crippen molar-refractivity contribution in [1.29, 1.82) is 0 Å². The Balaban J connectivity index is 1.96. The second-order valence-corrected chi connectivity index (χ2v) is 5.78. The minimum Gasteiger partial charge on any atom is -0.493 e. The summed E-state index contributed by atoms with van der Waals surface area (Å²) in [5.74, 6) is 1.18. The molecule has 0 bridgehead atoms. The van der Waals surface area contributed by atoms with Gasteiger partial charge in [-0.3, -0.25) is 14.5 Å². The first-order valence-electron chi connectivity index (χ1n) is 7.98. The first-order chi connectivity index (χ1) is 11.5. The Morgan fingerprint density at radius 2 is 1.71 bits per heavy atom. The highest BCUT2D eigenvalue weighted by Crippen LogP contribution is 2.29. The number of benzene rings is 1. The molecule has 0 aromatic heterocycles. The van der Waals surface area contributed by atoms with Crippen molar-refractivity contribution >= 4 is 17.5 Å². The van der Waals surface area contributed by atoms with E-state index in [4.69, 9.17) is 9.47 Å². The Morgan fingerprint density at radius 3 is 2.25 bits per heavy atom. The molecular formula is C17H25N3O4. The normalized spacial score (nSPS) is 16.4. The van der Waals surface area contributed by atoms with E-state index in [1.165, 1.54) is 0 Å². The molecule has 1 aromatic carbocycles. The van der Waals surface area contributed by atoms with E-state index in [1.54, 1.807) is 44.2 Å². The quantitative estimate of drug-likeness (QED) is 0.875. The van der Waals surface area contributed by atoms with E-state index >= 15 is 0 Å². The molecule has 1 fully saturated rings. The van der Waals surface area contributed by atoms with Crippen molar-refractivity contribution in [1.82, 2.24) is 9.80 Å². The van der Waals surface area contributed by atoms with Gasteiger partial charge in [-0.05, 0) is 19.1 Å². The minimum atomic E-state index is -0.271. The van der Waals surface area contributed by atoms with Crippen molar-refractivity contribution < 1.29 is 19.1 Å². The van der Waals surface area contributed by atoms with Gasteiger partial charge in [0.2, 0.25) is 11.8 Å². The zero-order valence-corrected chi connectivity index (χ0v) is 14.7. The van der Waals surface area contributed by atoms with Crippen LogP contribution < -0.4 is 14.8 Å². The van der Waals surface area contributed by atoms with Gasteiger partial charge >= 0.3 is 0 Å². The summed E-state index contributed by atoms with van der Waals surface area (Å²) in [6.07, 6.45) is 0. The van der Waals surface area contributed by atoms with Crippen LogP contribution in [0.3, 0.4) is 0 Å². The lowest BCUT2D eigenvalue weighted by atomic mass is 10.2. The number of amides is 2. The predicted molar refractivity (Wildman–Crippen MR) is 91.5 cm³/mol. The van der Waals surface area contributed by atoms with Crippen LogP contribution in [0.5, 0.6) is 11.5 Å². The summed E-state index contributed by atoms with van der Waals surface area (Å²) in [4.78, 5) is 27.7. The molecule has 1 aromatic rings. The fraction of sp³-hybridized carbons (Fsp3) is 0.529. The monoisotopic (exact) mass is 335 g/mol. The van der Waals surface area contributed by atoms with Crippen LogP contribution in [0.2, 0.25) is 0 Å². The number of ether oxygens (including phenoxy) is 2. The number of nitrogens with one attached hydrogen (secondary N) is 1. The third-order valence-electron chi connectivity index (χ3n) is 4.34. The largest absolute Gasteiger partial charge is 0.493 e. The molecule has 1 aliphatic rings. The lowest BCUT2D eigenvalue weighted by Crippen LogP contribution is -2.53. The third kappa shape index (κ3) is 4.17. The zero-order chi connectivity index (χ0) is 17.7. The van der Waals surface area contributed by atoms with Crippen molar-refractivity contribution in [2.45, 2.75) is 19.9 Å². The fourth-order valence-electron chi connectivity index (χ4n) is 2.75. The van der Waals surface area contributed by atoms with Gasteiger partial charge in [-0.15, -0.1) is 0 Å². The molecule has 0 aliphatic carbocycles. The summed E-state index contributed by atoms with van der Waals surface area (Å²) in [7, 11) is 3.12. The van der Waals surface area contributed by atoms with Gasteiger partial charge in [0, 0.05) is 44.9 Å². The molecule has 0 spiro atoms. The first kappa shape index (κ1) is 18.1. The van der Waals surface area contributed by atoms with Gasteiger partial charge in [-0.25, -0.2) is 0 Å². The molecule has 7 nitrogen and oxygen atoms in total. The molecule has 1 atom stereocenters. The van der Waals surface area contributed by atoms with Gasteiger partial charge < -0.3 is 19.7 Å². The second-order valence-electron chi connectivity index (χ2n) is 5.78. The average Bonchev–Trinajstić information content (AvgIpc) is 2.60. The Kier molecular flexibility index (Phi) is 6.03. The molecule has 1 heterocycles. The molecule has 0 saturated carbocycles.